The lowest BCUT2D eigenvalue weighted by Gasteiger charge is -2.33. The van der Waals surface area contributed by atoms with E-state index in [0.29, 0.717) is 18.3 Å². The van der Waals surface area contributed by atoms with Crippen molar-refractivity contribution in [1.82, 2.24) is 15.1 Å². The Morgan fingerprint density at radius 2 is 1.80 bits per heavy atom. The third-order valence-corrected chi connectivity index (χ3v) is 7.39. The van der Waals surface area contributed by atoms with E-state index in [1.165, 1.54) is 14.2 Å². The molecule has 1 rings (SSSR count). The van der Waals surface area contributed by atoms with E-state index in [1.54, 1.807) is 14.1 Å². The highest BCUT2D eigenvalue weighted by Crippen LogP contribution is 2.31. The molecule has 0 aliphatic rings. The van der Waals surface area contributed by atoms with Crippen LogP contribution < -0.4 is 15.5 Å². The second-order valence-corrected chi connectivity index (χ2v) is 11.5. The molecule has 3 atom stereocenters. The van der Waals surface area contributed by atoms with Crippen LogP contribution in [0.5, 0.6) is 5.75 Å². The van der Waals surface area contributed by atoms with Gasteiger partial charge in [0.25, 0.3) is 0 Å². The quantitative estimate of drug-likeness (QED) is 0.178. The highest BCUT2D eigenvalue weighted by Gasteiger charge is 2.31. The van der Waals surface area contributed by atoms with E-state index in [1.807, 2.05) is 31.2 Å². The second kappa shape index (κ2) is 13.6. The minimum atomic E-state index is -3.55. The van der Waals surface area contributed by atoms with Crippen molar-refractivity contribution in [2.75, 3.05) is 41.1 Å². The average molecular weight is 515 g/mol. The molecule has 0 saturated carbocycles. The number of nitrogens with zero attached hydrogens (tertiary/aromatic N) is 2. The first kappa shape index (κ1) is 30.7. The molecule has 2 unspecified atom stereocenters. The summed E-state index contributed by atoms with van der Waals surface area (Å²) in [6.07, 6.45) is 2.07. The number of hydrogen-bond donors (Lipinski definition) is 2. The third-order valence-electron chi connectivity index (χ3n) is 6.09. The van der Waals surface area contributed by atoms with Crippen LogP contribution >= 0.6 is 0 Å². The minimum absolute atomic E-state index is 0.0674. The molecule has 0 spiro atoms. The average Bonchev–Trinajstić information content (AvgIpc) is 2.80. The van der Waals surface area contributed by atoms with Crippen LogP contribution in [0.3, 0.4) is 0 Å². The molecule has 0 amide bonds. The molecule has 1 aromatic carbocycles. The molecule has 35 heavy (non-hydrogen) atoms. The summed E-state index contributed by atoms with van der Waals surface area (Å²) in [6.45, 7) is 8.98. The monoisotopic (exact) mass is 514 g/mol. The minimum Gasteiger partial charge on any atom is -0.493 e. The van der Waals surface area contributed by atoms with E-state index in [9.17, 15) is 13.2 Å². The Balaban J connectivity index is 2.68. The van der Waals surface area contributed by atoms with E-state index in [2.05, 4.69) is 36.6 Å². The van der Waals surface area contributed by atoms with E-state index < -0.39 is 22.0 Å². The molecule has 0 heterocycles. The lowest BCUT2D eigenvalue weighted by Crippen LogP contribution is -2.43. The number of sulfonamides is 1. The van der Waals surface area contributed by atoms with Gasteiger partial charge in [0.2, 0.25) is 16.0 Å². The van der Waals surface area contributed by atoms with Crippen molar-refractivity contribution in [2.24, 2.45) is 16.3 Å². The molecule has 0 saturated heterocycles. The van der Waals surface area contributed by atoms with Crippen LogP contribution in [0.4, 0.5) is 0 Å². The standard InChI is InChI=1S/C24H42N4O6S/c1-17(15-24(3,4)18(2)34-27-23(25-5)26-6)16-33-20-12-10-19(11-13-20)14-21(22(29)32-8)28(7)35(9,30)31/h10-13,17-18,21H,14-16H2,1-9H3,(H2,25,26,27)/t17?,18?,21-/m0/s1. The first-order chi connectivity index (χ1) is 16.2. The number of esters is 1. The number of likely N-dealkylation sites (N-methyl/N-ethyl adjacent to an activating group) is 1. The lowest BCUT2D eigenvalue weighted by atomic mass is 9.79. The number of rotatable bonds is 13. The van der Waals surface area contributed by atoms with Gasteiger partial charge in [-0.1, -0.05) is 32.9 Å². The molecule has 0 aliphatic heterocycles. The maximum Gasteiger partial charge on any atom is 0.324 e. The third kappa shape index (κ3) is 10.0. The Bertz CT molecular complexity index is 934. The summed E-state index contributed by atoms with van der Waals surface area (Å²) in [5.74, 6) is 0.931. The predicted molar refractivity (Wildman–Crippen MR) is 138 cm³/mol. The first-order valence-electron chi connectivity index (χ1n) is 11.5. The summed E-state index contributed by atoms with van der Waals surface area (Å²) in [5.41, 5.74) is 3.53. The summed E-state index contributed by atoms with van der Waals surface area (Å²) in [5, 5.41) is 2.91. The van der Waals surface area contributed by atoms with Gasteiger partial charge in [-0.2, -0.15) is 4.31 Å². The fraction of sp³-hybridized carbons (Fsp3) is 0.667. The number of nitrogens with one attached hydrogen (secondary N) is 2. The zero-order valence-corrected chi connectivity index (χ0v) is 23.2. The Hall–Kier alpha value is -2.37. The van der Waals surface area contributed by atoms with Crippen LogP contribution in [-0.4, -0.2) is 77.9 Å². The fourth-order valence-electron chi connectivity index (χ4n) is 3.55. The van der Waals surface area contributed by atoms with Crippen LogP contribution in [0.25, 0.3) is 0 Å². The van der Waals surface area contributed by atoms with E-state index in [-0.39, 0.29) is 23.9 Å². The smallest absolute Gasteiger partial charge is 0.324 e. The zero-order chi connectivity index (χ0) is 26.8. The number of benzene rings is 1. The van der Waals surface area contributed by atoms with E-state index >= 15 is 0 Å². The van der Waals surface area contributed by atoms with Crippen LogP contribution in [0.1, 0.15) is 39.7 Å². The zero-order valence-electron chi connectivity index (χ0n) is 22.4. The second-order valence-electron chi connectivity index (χ2n) is 9.46. The van der Waals surface area contributed by atoms with Gasteiger partial charge in [-0.3, -0.25) is 14.6 Å². The topological polar surface area (TPSA) is 119 Å². The maximum atomic E-state index is 12.1. The van der Waals surface area contributed by atoms with Crippen molar-refractivity contribution in [1.29, 1.82) is 0 Å². The number of ether oxygens (including phenoxy) is 2. The van der Waals surface area contributed by atoms with Gasteiger partial charge in [-0.05, 0) is 48.8 Å². The van der Waals surface area contributed by atoms with Crippen molar-refractivity contribution < 1.29 is 27.5 Å². The van der Waals surface area contributed by atoms with Crippen molar-refractivity contribution in [2.45, 2.75) is 52.7 Å². The number of hydroxylamine groups is 1. The molecule has 0 radical (unpaired) electrons. The van der Waals surface area contributed by atoms with E-state index in [0.717, 1.165) is 22.5 Å². The molecule has 0 aromatic heterocycles. The predicted octanol–water partition coefficient (Wildman–Crippen LogP) is 2.21. The highest BCUT2D eigenvalue weighted by atomic mass is 32.2. The first-order valence-corrected chi connectivity index (χ1v) is 13.4. The molecule has 200 valence electrons. The van der Waals surface area contributed by atoms with Gasteiger partial charge in [0.15, 0.2) is 0 Å². The van der Waals surface area contributed by atoms with Crippen LogP contribution in [-0.2, 0) is 30.8 Å². The van der Waals surface area contributed by atoms with E-state index in [4.69, 9.17) is 14.3 Å². The van der Waals surface area contributed by atoms with Crippen LogP contribution in [0.15, 0.2) is 29.3 Å². The molecule has 2 N–H and O–H groups in total. The van der Waals surface area contributed by atoms with Gasteiger partial charge in [0.1, 0.15) is 11.8 Å². The number of hydrogen-bond acceptors (Lipinski definition) is 7. The molecule has 0 aliphatic carbocycles. The number of aliphatic imine (C=N–C) groups is 1. The molecular formula is C24H42N4O6S. The molecule has 11 heteroatoms. The Morgan fingerprint density at radius 3 is 2.29 bits per heavy atom. The van der Waals surface area contributed by atoms with Gasteiger partial charge >= 0.3 is 5.97 Å². The highest BCUT2D eigenvalue weighted by molar-refractivity contribution is 7.88. The van der Waals surface area contributed by atoms with Gasteiger partial charge in [0, 0.05) is 21.1 Å². The summed E-state index contributed by atoms with van der Waals surface area (Å²) in [4.78, 5) is 21.9. The number of methoxy groups -OCH3 is 1. The molecule has 0 bridgehead atoms. The van der Waals surface area contributed by atoms with Gasteiger partial charge in [0.05, 0.1) is 26.1 Å². The van der Waals surface area contributed by atoms with Crippen molar-refractivity contribution in [3.8, 4) is 5.75 Å². The van der Waals surface area contributed by atoms with Gasteiger partial charge < -0.3 is 14.8 Å². The molecular weight excluding hydrogens is 472 g/mol. The van der Waals surface area contributed by atoms with Crippen molar-refractivity contribution >= 4 is 22.0 Å². The fourth-order valence-corrected chi connectivity index (χ4v) is 4.17. The van der Waals surface area contributed by atoms with Gasteiger partial charge in [-0.25, -0.2) is 13.9 Å². The molecule has 10 nitrogen and oxygen atoms in total. The van der Waals surface area contributed by atoms with Crippen molar-refractivity contribution in [3.63, 3.8) is 0 Å². The number of guanidine groups is 1. The molecule has 0 fully saturated rings. The van der Waals surface area contributed by atoms with Crippen LogP contribution in [0.2, 0.25) is 0 Å². The number of carbonyl (C=O) groups is 1. The SMILES string of the molecule is CN=C(NC)NOC(C)C(C)(C)CC(C)COc1ccc(C[C@@H](C(=O)OC)N(C)S(C)(=O)=O)cc1. The summed E-state index contributed by atoms with van der Waals surface area (Å²) in [6, 6.07) is 6.36. The lowest BCUT2D eigenvalue weighted by molar-refractivity contribution is -0.144. The maximum absolute atomic E-state index is 12.1. The summed E-state index contributed by atoms with van der Waals surface area (Å²) >= 11 is 0. The Kier molecular flexibility index (Phi) is 12.0. The Labute approximate surface area is 210 Å². The number of carbonyl (C=O) groups excluding carboxylic acids is 1. The summed E-state index contributed by atoms with van der Waals surface area (Å²) in [7, 11) is 2.51. The largest absolute Gasteiger partial charge is 0.493 e. The summed E-state index contributed by atoms with van der Waals surface area (Å²) < 4.78 is 35.6. The van der Waals surface area contributed by atoms with Crippen LogP contribution in [0, 0.1) is 11.3 Å². The van der Waals surface area contributed by atoms with Crippen molar-refractivity contribution in [3.05, 3.63) is 29.8 Å². The Morgan fingerprint density at radius 1 is 1.20 bits per heavy atom. The van der Waals surface area contributed by atoms with Gasteiger partial charge in [-0.15, -0.1) is 0 Å². The normalized spacial score (nSPS) is 15.3. The molecule has 1 aromatic rings.